The second kappa shape index (κ2) is 8.75. The molecule has 166 valence electrons. The van der Waals surface area contributed by atoms with Crippen molar-refractivity contribution in [1.82, 2.24) is 19.9 Å². The van der Waals surface area contributed by atoms with Gasteiger partial charge in [0.2, 0.25) is 0 Å². The molecule has 2 aromatic heterocycles. The smallest absolute Gasteiger partial charge is 0.178 e. The fourth-order valence-electron chi connectivity index (χ4n) is 3.95. The van der Waals surface area contributed by atoms with Gasteiger partial charge in [-0.15, -0.1) is 0 Å². The number of aromatic nitrogens is 4. The third kappa shape index (κ3) is 3.97. The summed E-state index contributed by atoms with van der Waals surface area (Å²) in [6, 6.07) is 26.9. The number of H-pyrrole nitrogens is 2. The van der Waals surface area contributed by atoms with Gasteiger partial charge in [0.25, 0.3) is 0 Å². The Balaban J connectivity index is 1.58. The zero-order valence-corrected chi connectivity index (χ0v) is 18.8. The monoisotopic (exact) mass is 446 g/mol. The van der Waals surface area contributed by atoms with Crippen molar-refractivity contribution >= 4 is 11.6 Å². The fraction of sp³-hybridized carbons (Fsp3) is 0.0714. The molecule has 6 nitrogen and oxygen atoms in total. The summed E-state index contributed by atoms with van der Waals surface area (Å²) in [6.07, 6.45) is 0. The van der Waals surface area contributed by atoms with Crippen molar-refractivity contribution in [1.29, 1.82) is 0 Å². The number of rotatable bonds is 6. The molecule has 0 bridgehead atoms. The van der Waals surface area contributed by atoms with Crippen LogP contribution >= 0.6 is 0 Å². The molecule has 0 saturated carbocycles. The van der Waals surface area contributed by atoms with E-state index >= 15 is 0 Å². The highest BCUT2D eigenvalue weighted by molar-refractivity contribution is 6.00. The van der Waals surface area contributed by atoms with Gasteiger partial charge in [0.05, 0.1) is 11.4 Å². The quantitative estimate of drug-likeness (QED) is 0.304. The van der Waals surface area contributed by atoms with Crippen LogP contribution in [0.25, 0.3) is 45.3 Å². The van der Waals surface area contributed by atoms with Gasteiger partial charge in [-0.1, -0.05) is 78.9 Å². The number of carbonyl (C=O) groups excluding carboxylic acids is 2. The van der Waals surface area contributed by atoms with Crippen molar-refractivity contribution < 1.29 is 9.59 Å². The summed E-state index contributed by atoms with van der Waals surface area (Å²) in [5, 5.41) is 0. The number of ketones is 2. The van der Waals surface area contributed by atoms with Crippen LogP contribution in [0.1, 0.15) is 34.8 Å². The maximum Gasteiger partial charge on any atom is 0.178 e. The Hall–Kier alpha value is -4.58. The molecule has 2 heterocycles. The molecule has 0 atom stereocenters. The lowest BCUT2D eigenvalue weighted by Gasteiger charge is -2.01. The maximum absolute atomic E-state index is 12.3. The van der Waals surface area contributed by atoms with Crippen LogP contribution in [0.4, 0.5) is 0 Å². The van der Waals surface area contributed by atoms with E-state index in [2.05, 4.69) is 9.97 Å². The van der Waals surface area contributed by atoms with Crippen LogP contribution in [-0.4, -0.2) is 31.5 Å². The highest BCUT2D eigenvalue weighted by Gasteiger charge is 2.19. The van der Waals surface area contributed by atoms with E-state index < -0.39 is 0 Å². The minimum atomic E-state index is -0.0848. The van der Waals surface area contributed by atoms with E-state index in [-0.39, 0.29) is 11.6 Å². The van der Waals surface area contributed by atoms with Crippen LogP contribution < -0.4 is 0 Å². The minimum Gasteiger partial charge on any atom is -0.335 e. The van der Waals surface area contributed by atoms with Gasteiger partial charge in [-0.05, 0) is 6.07 Å². The summed E-state index contributed by atoms with van der Waals surface area (Å²) in [5.41, 5.74) is 5.54. The lowest BCUT2D eigenvalue weighted by molar-refractivity contribution is 0.100. The molecule has 5 aromatic rings. The zero-order valence-electron chi connectivity index (χ0n) is 18.8. The van der Waals surface area contributed by atoms with Crippen molar-refractivity contribution in [2.75, 3.05) is 0 Å². The molecule has 6 heteroatoms. The first-order chi connectivity index (χ1) is 16.5. The number of hydrogen-bond acceptors (Lipinski definition) is 4. The SMILES string of the molecule is CC(=O)c1[nH]c(-c2cccc(-c3nc(-c4ccccc4)c(C(C)=O)[nH]3)c2)nc1-c1ccccc1. The summed E-state index contributed by atoms with van der Waals surface area (Å²) in [6.45, 7) is 3.05. The number of nitrogens with zero attached hydrogens (tertiary/aromatic N) is 2. The average Bonchev–Trinajstić information content (AvgIpc) is 3.51. The predicted octanol–water partition coefficient (Wildman–Crippen LogP) is 6.21. The molecule has 0 saturated heterocycles. The van der Waals surface area contributed by atoms with E-state index in [0.717, 1.165) is 22.3 Å². The van der Waals surface area contributed by atoms with E-state index in [4.69, 9.17) is 9.97 Å². The van der Waals surface area contributed by atoms with E-state index in [1.165, 1.54) is 13.8 Å². The van der Waals surface area contributed by atoms with Crippen LogP contribution in [0.15, 0.2) is 84.9 Å². The summed E-state index contributed by atoms with van der Waals surface area (Å²) < 4.78 is 0. The lowest BCUT2D eigenvalue weighted by Crippen LogP contribution is -1.95. The van der Waals surface area contributed by atoms with Crippen LogP contribution in [-0.2, 0) is 0 Å². The maximum atomic E-state index is 12.3. The number of hydrogen-bond donors (Lipinski definition) is 2. The van der Waals surface area contributed by atoms with Gasteiger partial charge >= 0.3 is 0 Å². The minimum absolute atomic E-state index is 0.0848. The van der Waals surface area contributed by atoms with Gasteiger partial charge in [0, 0.05) is 36.1 Å². The van der Waals surface area contributed by atoms with Gasteiger partial charge in [-0.25, -0.2) is 9.97 Å². The molecule has 0 unspecified atom stereocenters. The summed E-state index contributed by atoms with van der Waals surface area (Å²) in [4.78, 5) is 40.5. The molecular weight excluding hydrogens is 424 g/mol. The first-order valence-electron chi connectivity index (χ1n) is 10.9. The van der Waals surface area contributed by atoms with Gasteiger partial charge in [-0.2, -0.15) is 0 Å². The molecule has 3 aromatic carbocycles. The predicted molar refractivity (Wildman–Crippen MR) is 132 cm³/mol. The van der Waals surface area contributed by atoms with Crippen LogP contribution in [0.3, 0.4) is 0 Å². The summed E-state index contributed by atoms with van der Waals surface area (Å²) in [5.74, 6) is 1.01. The highest BCUT2D eigenvalue weighted by atomic mass is 16.1. The highest BCUT2D eigenvalue weighted by Crippen LogP contribution is 2.30. The third-order valence-corrected chi connectivity index (χ3v) is 5.62. The second-order valence-corrected chi connectivity index (χ2v) is 8.04. The number of aromatic amines is 2. The van der Waals surface area contributed by atoms with Gasteiger partial charge in [-0.3, -0.25) is 9.59 Å². The standard InChI is InChI=1S/C28H22N4O2/c1-17(33)23-25(19-10-5-3-6-11-19)31-27(29-23)21-14-9-15-22(16-21)28-30-24(18(2)34)26(32-28)20-12-7-4-8-13-20/h3-16H,1-2H3,(H,29,31)(H,30,32). The Labute approximate surface area is 196 Å². The van der Waals surface area contributed by atoms with Crippen molar-refractivity contribution in [2.45, 2.75) is 13.8 Å². The third-order valence-electron chi connectivity index (χ3n) is 5.62. The molecule has 0 spiro atoms. The van der Waals surface area contributed by atoms with Crippen molar-refractivity contribution in [3.8, 4) is 45.3 Å². The Morgan fingerprint density at radius 2 is 0.941 bits per heavy atom. The summed E-state index contributed by atoms with van der Waals surface area (Å²) in [7, 11) is 0. The molecule has 5 rings (SSSR count). The van der Waals surface area contributed by atoms with Crippen molar-refractivity contribution in [3.05, 3.63) is 96.3 Å². The zero-order chi connectivity index (χ0) is 23.7. The average molecular weight is 447 g/mol. The number of benzene rings is 3. The normalized spacial score (nSPS) is 10.9. The fourth-order valence-corrected chi connectivity index (χ4v) is 3.95. The van der Waals surface area contributed by atoms with E-state index in [1.54, 1.807) is 0 Å². The van der Waals surface area contributed by atoms with Crippen LogP contribution in [0.2, 0.25) is 0 Å². The van der Waals surface area contributed by atoms with Crippen molar-refractivity contribution in [3.63, 3.8) is 0 Å². The second-order valence-electron chi connectivity index (χ2n) is 8.04. The Bertz CT molecular complexity index is 1390. The van der Waals surface area contributed by atoms with Crippen LogP contribution in [0.5, 0.6) is 0 Å². The molecular formula is C28H22N4O2. The number of Topliss-reactive ketones (excluding diaryl/α,β-unsaturated/α-hetero) is 2. The lowest BCUT2D eigenvalue weighted by atomic mass is 10.1. The molecule has 0 aliphatic rings. The first kappa shape index (κ1) is 21.3. The van der Waals surface area contributed by atoms with Crippen LogP contribution in [0, 0.1) is 0 Å². The molecule has 2 N–H and O–H groups in total. The van der Waals surface area contributed by atoms with E-state index in [1.807, 2.05) is 84.9 Å². The number of nitrogens with one attached hydrogen (secondary N) is 2. The van der Waals surface area contributed by atoms with Gasteiger partial charge in [0.1, 0.15) is 23.0 Å². The van der Waals surface area contributed by atoms with E-state index in [0.29, 0.717) is 34.4 Å². The van der Waals surface area contributed by atoms with Gasteiger partial charge < -0.3 is 9.97 Å². The molecule has 0 aliphatic carbocycles. The Morgan fingerprint density at radius 3 is 1.32 bits per heavy atom. The topological polar surface area (TPSA) is 91.5 Å². The first-order valence-corrected chi connectivity index (χ1v) is 10.9. The van der Waals surface area contributed by atoms with Gasteiger partial charge in [0.15, 0.2) is 11.6 Å². The summed E-state index contributed by atoms with van der Waals surface area (Å²) >= 11 is 0. The number of carbonyl (C=O) groups is 2. The molecule has 0 amide bonds. The molecule has 0 aliphatic heterocycles. The molecule has 34 heavy (non-hydrogen) atoms. The molecule has 0 fully saturated rings. The molecule has 0 radical (unpaired) electrons. The Morgan fingerprint density at radius 1 is 0.559 bits per heavy atom. The van der Waals surface area contributed by atoms with E-state index in [9.17, 15) is 9.59 Å². The largest absolute Gasteiger partial charge is 0.335 e. The van der Waals surface area contributed by atoms with Crippen molar-refractivity contribution in [2.24, 2.45) is 0 Å². The number of imidazole rings is 2. The Kier molecular flexibility index (Phi) is 5.47.